The molecule has 1 aromatic carbocycles. The van der Waals surface area contributed by atoms with Crippen LogP contribution in [0.1, 0.15) is 12.5 Å². The molecular weight excluding hydrogens is 264 g/mol. The van der Waals surface area contributed by atoms with Gasteiger partial charge in [0.05, 0.1) is 13.0 Å². The van der Waals surface area contributed by atoms with Crippen LogP contribution in [0, 0.1) is 0 Å². The Labute approximate surface area is 117 Å². The van der Waals surface area contributed by atoms with Gasteiger partial charge in [-0.3, -0.25) is 4.79 Å². The van der Waals surface area contributed by atoms with Crippen molar-refractivity contribution in [3.05, 3.63) is 29.8 Å². The number of rotatable bonds is 8. The van der Waals surface area contributed by atoms with Gasteiger partial charge >= 0.3 is 11.9 Å². The number of carboxylic acids is 1. The largest absolute Gasteiger partial charge is 0.482 e. The number of carbonyl (C=O) groups excluding carboxylic acids is 1. The third kappa shape index (κ3) is 6.19. The van der Waals surface area contributed by atoms with Gasteiger partial charge in [0.25, 0.3) is 0 Å². The number of benzene rings is 1. The van der Waals surface area contributed by atoms with E-state index in [1.165, 1.54) is 7.11 Å². The number of ether oxygens (including phenoxy) is 3. The Bertz CT molecular complexity index is 439. The summed E-state index contributed by atoms with van der Waals surface area (Å²) in [6, 6.07) is 6.51. The number of methoxy groups -OCH3 is 1. The van der Waals surface area contributed by atoms with E-state index in [-0.39, 0.29) is 19.1 Å². The van der Waals surface area contributed by atoms with E-state index < -0.39 is 11.9 Å². The van der Waals surface area contributed by atoms with Crippen LogP contribution in [0.15, 0.2) is 24.3 Å². The average Bonchev–Trinajstić information content (AvgIpc) is 2.37. The first-order valence-corrected chi connectivity index (χ1v) is 6.13. The van der Waals surface area contributed by atoms with Crippen molar-refractivity contribution in [2.75, 3.05) is 20.3 Å². The summed E-state index contributed by atoms with van der Waals surface area (Å²) in [6.45, 7) is 1.85. The smallest absolute Gasteiger partial charge is 0.344 e. The maximum atomic E-state index is 11.4. The Morgan fingerprint density at radius 1 is 1.25 bits per heavy atom. The molecule has 1 rings (SSSR count). The van der Waals surface area contributed by atoms with Gasteiger partial charge in [-0.1, -0.05) is 12.1 Å². The van der Waals surface area contributed by atoms with Crippen molar-refractivity contribution in [1.82, 2.24) is 0 Å². The number of hydrogen-bond acceptors (Lipinski definition) is 5. The highest BCUT2D eigenvalue weighted by Crippen LogP contribution is 2.12. The van der Waals surface area contributed by atoms with Crippen LogP contribution in [0.4, 0.5) is 0 Å². The maximum absolute atomic E-state index is 11.4. The van der Waals surface area contributed by atoms with Crippen LogP contribution in [-0.2, 0) is 25.5 Å². The molecule has 0 heterocycles. The predicted molar refractivity (Wildman–Crippen MR) is 70.7 cm³/mol. The molecule has 1 aromatic rings. The highest BCUT2D eigenvalue weighted by Gasteiger charge is 2.10. The molecule has 0 spiro atoms. The van der Waals surface area contributed by atoms with Gasteiger partial charge in [-0.25, -0.2) is 4.79 Å². The van der Waals surface area contributed by atoms with Crippen molar-refractivity contribution >= 4 is 11.9 Å². The Hall–Kier alpha value is -2.08. The molecule has 0 aliphatic carbocycles. The molecule has 110 valence electrons. The van der Waals surface area contributed by atoms with E-state index in [2.05, 4.69) is 0 Å². The first-order chi connectivity index (χ1) is 9.51. The van der Waals surface area contributed by atoms with Gasteiger partial charge in [0.2, 0.25) is 0 Å². The Morgan fingerprint density at radius 3 is 2.45 bits per heavy atom. The third-order valence-electron chi connectivity index (χ3n) is 2.37. The second kappa shape index (κ2) is 8.16. The van der Waals surface area contributed by atoms with Crippen molar-refractivity contribution in [1.29, 1.82) is 0 Å². The van der Waals surface area contributed by atoms with Crippen molar-refractivity contribution in [2.24, 2.45) is 0 Å². The molecule has 1 atom stereocenters. The topological polar surface area (TPSA) is 82.1 Å². The Morgan fingerprint density at radius 2 is 1.90 bits per heavy atom. The minimum Gasteiger partial charge on any atom is -0.482 e. The fourth-order valence-corrected chi connectivity index (χ4v) is 1.55. The quantitative estimate of drug-likeness (QED) is 0.723. The van der Waals surface area contributed by atoms with Gasteiger partial charge in [-0.05, 0) is 24.6 Å². The zero-order valence-electron chi connectivity index (χ0n) is 11.5. The molecule has 1 unspecified atom stereocenters. The highest BCUT2D eigenvalue weighted by atomic mass is 16.6. The van der Waals surface area contributed by atoms with Gasteiger partial charge in [0.15, 0.2) is 6.61 Å². The molecule has 6 nitrogen and oxygen atoms in total. The van der Waals surface area contributed by atoms with Gasteiger partial charge in [0.1, 0.15) is 11.9 Å². The predicted octanol–water partition coefficient (Wildman–Crippen LogP) is 1.27. The summed E-state index contributed by atoms with van der Waals surface area (Å²) in [5, 5.41) is 8.64. The lowest BCUT2D eigenvalue weighted by molar-refractivity contribution is -0.152. The van der Waals surface area contributed by atoms with E-state index in [0.29, 0.717) is 17.9 Å². The summed E-state index contributed by atoms with van der Waals surface area (Å²) in [7, 11) is 1.53. The average molecular weight is 282 g/mol. The van der Waals surface area contributed by atoms with Crippen molar-refractivity contribution in [2.45, 2.75) is 19.4 Å². The molecule has 0 radical (unpaired) electrons. The summed E-state index contributed by atoms with van der Waals surface area (Å²) in [5.74, 6) is -0.894. The maximum Gasteiger partial charge on any atom is 0.344 e. The summed E-state index contributed by atoms with van der Waals surface area (Å²) in [6.07, 6.45) is -0.370. The van der Waals surface area contributed by atoms with Crippen LogP contribution < -0.4 is 4.74 Å². The lowest BCUT2D eigenvalue weighted by Crippen LogP contribution is -2.23. The zero-order valence-corrected chi connectivity index (χ0v) is 11.5. The van der Waals surface area contributed by atoms with E-state index in [4.69, 9.17) is 19.3 Å². The molecule has 0 aliphatic heterocycles. The van der Waals surface area contributed by atoms with E-state index in [1.807, 2.05) is 0 Å². The van der Waals surface area contributed by atoms with Crippen LogP contribution in [0.5, 0.6) is 5.75 Å². The molecule has 20 heavy (non-hydrogen) atoms. The first-order valence-electron chi connectivity index (χ1n) is 6.13. The molecule has 1 N–H and O–H groups in total. The molecule has 6 heteroatoms. The minimum atomic E-state index is -0.894. The number of hydrogen-bond donors (Lipinski definition) is 1. The van der Waals surface area contributed by atoms with Crippen LogP contribution in [0.25, 0.3) is 0 Å². The number of carbonyl (C=O) groups is 2. The van der Waals surface area contributed by atoms with Crippen molar-refractivity contribution in [3.63, 3.8) is 0 Å². The fraction of sp³-hybridized carbons (Fsp3) is 0.429. The second-order valence-corrected chi connectivity index (χ2v) is 4.26. The second-order valence-electron chi connectivity index (χ2n) is 4.26. The van der Waals surface area contributed by atoms with E-state index in [9.17, 15) is 9.59 Å². The van der Waals surface area contributed by atoms with E-state index in [0.717, 1.165) is 0 Å². The van der Waals surface area contributed by atoms with Crippen molar-refractivity contribution < 1.29 is 28.9 Å². The lowest BCUT2D eigenvalue weighted by Gasteiger charge is -2.12. The third-order valence-corrected chi connectivity index (χ3v) is 2.37. The van der Waals surface area contributed by atoms with E-state index in [1.54, 1.807) is 31.2 Å². The number of esters is 1. The summed E-state index contributed by atoms with van der Waals surface area (Å²) >= 11 is 0. The van der Waals surface area contributed by atoms with Gasteiger partial charge in [0, 0.05) is 7.11 Å². The molecule has 0 fully saturated rings. The standard InChI is InChI=1S/C14H18O6/c1-10(8-18-2)20-14(17)9-19-12-5-3-11(4-6-12)7-13(15)16/h3-6,10H,7-9H2,1-2H3,(H,15,16). The molecule has 0 amide bonds. The first kappa shape index (κ1) is 16.0. The van der Waals surface area contributed by atoms with Gasteiger partial charge in [-0.2, -0.15) is 0 Å². The molecule has 0 aliphatic rings. The zero-order chi connectivity index (χ0) is 15.0. The number of carboxylic acid groups (broad SMARTS) is 1. The lowest BCUT2D eigenvalue weighted by atomic mass is 10.1. The normalized spacial score (nSPS) is 11.7. The fourth-order valence-electron chi connectivity index (χ4n) is 1.55. The van der Waals surface area contributed by atoms with Crippen LogP contribution >= 0.6 is 0 Å². The Balaban J connectivity index is 2.38. The molecule has 0 bridgehead atoms. The van der Waals surface area contributed by atoms with Crippen LogP contribution in [-0.4, -0.2) is 43.5 Å². The minimum absolute atomic E-state index is 0.0448. The molecule has 0 aromatic heterocycles. The Kier molecular flexibility index (Phi) is 6.52. The van der Waals surface area contributed by atoms with Crippen molar-refractivity contribution in [3.8, 4) is 5.75 Å². The monoisotopic (exact) mass is 282 g/mol. The van der Waals surface area contributed by atoms with E-state index >= 15 is 0 Å². The number of aliphatic carboxylic acids is 1. The van der Waals surface area contributed by atoms with Gasteiger partial charge in [-0.15, -0.1) is 0 Å². The van der Waals surface area contributed by atoms with Crippen LogP contribution in [0.2, 0.25) is 0 Å². The SMILES string of the molecule is COCC(C)OC(=O)COc1ccc(CC(=O)O)cc1. The summed E-state index contributed by atoms with van der Waals surface area (Å²) in [5.41, 5.74) is 0.668. The molecular formula is C14H18O6. The van der Waals surface area contributed by atoms with Gasteiger partial charge < -0.3 is 19.3 Å². The molecule has 0 saturated carbocycles. The summed E-state index contributed by atoms with van der Waals surface area (Å²) in [4.78, 5) is 22.0. The summed E-state index contributed by atoms with van der Waals surface area (Å²) < 4.78 is 15.1. The van der Waals surface area contributed by atoms with Crippen LogP contribution in [0.3, 0.4) is 0 Å². The highest BCUT2D eigenvalue weighted by molar-refractivity contribution is 5.71. The molecule has 0 saturated heterocycles.